The van der Waals surface area contributed by atoms with Crippen molar-refractivity contribution in [1.82, 2.24) is 14.5 Å². The molecule has 0 radical (unpaired) electrons. The topological polar surface area (TPSA) is 87.4 Å². The van der Waals surface area contributed by atoms with Gasteiger partial charge in [0, 0.05) is 17.5 Å². The summed E-state index contributed by atoms with van der Waals surface area (Å²) in [5, 5.41) is 2.68. The molecule has 0 spiro atoms. The van der Waals surface area contributed by atoms with Crippen LogP contribution in [0.1, 0.15) is 17.0 Å². The summed E-state index contributed by atoms with van der Waals surface area (Å²) in [5.41, 5.74) is 3.95. The number of hydrogen-bond acceptors (Lipinski definition) is 8. The van der Waals surface area contributed by atoms with Gasteiger partial charge in [-0.1, -0.05) is 42.5 Å². The van der Waals surface area contributed by atoms with Crippen LogP contribution in [0.15, 0.2) is 81.9 Å². The number of aliphatic imine (C=N–C) groups is 1. The Kier molecular flexibility index (Phi) is 5.66. The van der Waals surface area contributed by atoms with Gasteiger partial charge < -0.3 is 23.8 Å². The van der Waals surface area contributed by atoms with Gasteiger partial charge in [0.25, 0.3) is 5.56 Å². The zero-order valence-electron chi connectivity index (χ0n) is 21.9. The van der Waals surface area contributed by atoms with Crippen molar-refractivity contribution in [3.8, 4) is 34.1 Å². The van der Waals surface area contributed by atoms with Crippen molar-refractivity contribution in [2.24, 2.45) is 4.99 Å². The molecule has 0 atom stereocenters. The van der Waals surface area contributed by atoms with E-state index in [-0.39, 0.29) is 19.1 Å². The Bertz CT molecular complexity index is 1900. The molecule has 0 unspecified atom stereocenters. The molecule has 9 nitrogen and oxygen atoms in total. The highest BCUT2D eigenvalue weighted by Gasteiger charge is 2.27. The zero-order chi connectivity index (χ0) is 27.3. The van der Waals surface area contributed by atoms with Crippen LogP contribution in [0.2, 0.25) is 0 Å². The molecule has 5 aromatic rings. The molecular weight excluding hydrogens is 540 g/mol. The van der Waals surface area contributed by atoms with Gasteiger partial charge in [0.05, 0.1) is 25.0 Å². The number of nitrogens with zero attached hydrogens (tertiary/aromatic N) is 4. The first-order valence-electron chi connectivity index (χ1n) is 13.3. The van der Waals surface area contributed by atoms with E-state index in [0.29, 0.717) is 31.6 Å². The number of amidine groups is 1. The van der Waals surface area contributed by atoms with Gasteiger partial charge in [0.2, 0.25) is 13.6 Å². The molecule has 0 amide bonds. The van der Waals surface area contributed by atoms with E-state index in [2.05, 4.69) is 4.90 Å². The molecule has 0 aliphatic carbocycles. The number of aromatic nitrogens is 2. The summed E-state index contributed by atoms with van der Waals surface area (Å²) >= 11 is 1.51. The molecule has 5 heterocycles. The standard InChI is InChI=1S/C31H24N4O5S/c36-31-29-22(21-4-2-1-3-5-21)16-41-30(29)33-28-14-34(13-20-7-9-24-26(11-20)40-18-38-24)27(15-35(28)31)32-12-19-6-8-23-25(10-19)39-17-37-23/h1-11,16H,12-15,17-18H2. The summed E-state index contributed by atoms with van der Waals surface area (Å²) in [6.45, 7) is 2.27. The quantitative estimate of drug-likeness (QED) is 0.290. The minimum absolute atomic E-state index is 0.0383. The fourth-order valence-electron chi connectivity index (χ4n) is 5.46. The third-order valence-corrected chi connectivity index (χ3v) is 8.42. The van der Waals surface area contributed by atoms with Crippen molar-refractivity contribution >= 4 is 27.4 Å². The molecule has 3 aliphatic heterocycles. The van der Waals surface area contributed by atoms with Crippen LogP contribution in [0.25, 0.3) is 21.3 Å². The maximum absolute atomic E-state index is 14.0. The van der Waals surface area contributed by atoms with Gasteiger partial charge in [-0.25, -0.2) is 4.98 Å². The maximum Gasteiger partial charge on any atom is 0.263 e. The van der Waals surface area contributed by atoms with Gasteiger partial charge in [-0.2, -0.15) is 0 Å². The van der Waals surface area contributed by atoms with Crippen LogP contribution in [0.4, 0.5) is 0 Å². The Morgan fingerprint density at radius 1 is 0.829 bits per heavy atom. The summed E-state index contributed by atoms with van der Waals surface area (Å²) < 4.78 is 23.9. The second-order valence-electron chi connectivity index (χ2n) is 10.1. The Morgan fingerprint density at radius 3 is 2.32 bits per heavy atom. The van der Waals surface area contributed by atoms with Crippen molar-refractivity contribution in [2.75, 3.05) is 13.6 Å². The fourth-order valence-corrected chi connectivity index (χ4v) is 6.42. The van der Waals surface area contributed by atoms with E-state index in [1.54, 1.807) is 4.57 Å². The number of fused-ring (bicyclic) bond motifs is 4. The second-order valence-corrected chi connectivity index (χ2v) is 10.9. The largest absolute Gasteiger partial charge is 0.454 e. The van der Waals surface area contributed by atoms with Crippen molar-refractivity contribution in [1.29, 1.82) is 0 Å². The monoisotopic (exact) mass is 564 g/mol. The average molecular weight is 565 g/mol. The lowest BCUT2D eigenvalue weighted by molar-refractivity contribution is 0.173. The van der Waals surface area contributed by atoms with Crippen LogP contribution in [0, 0.1) is 0 Å². The van der Waals surface area contributed by atoms with Crippen LogP contribution >= 0.6 is 11.3 Å². The molecule has 204 valence electrons. The SMILES string of the molecule is O=c1c2c(-c3ccccc3)csc2nc2n1CC(=NCc1ccc3c(c1)OCO3)N(Cc1ccc3c(c1)OCO3)C2. The molecule has 0 saturated carbocycles. The van der Waals surface area contributed by atoms with E-state index < -0.39 is 0 Å². The summed E-state index contributed by atoms with van der Waals surface area (Å²) in [6, 6.07) is 21.8. The molecule has 3 aliphatic rings. The van der Waals surface area contributed by atoms with E-state index in [0.717, 1.165) is 61.7 Å². The van der Waals surface area contributed by atoms with Gasteiger partial charge in [0.1, 0.15) is 16.5 Å². The minimum atomic E-state index is -0.0383. The molecule has 41 heavy (non-hydrogen) atoms. The number of thiophene rings is 1. The first-order chi connectivity index (χ1) is 20.2. The van der Waals surface area contributed by atoms with Crippen LogP contribution in [0.5, 0.6) is 23.0 Å². The third-order valence-electron chi connectivity index (χ3n) is 7.55. The van der Waals surface area contributed by atoms with Gasteiger partial charge in [-0.05, 0) is 41.0 Å². The molecule has 2 aromatic heterocycles. The lowest BCUT2D eigenvalue weighted by Gasteiger charge is -2.32. The van der Waals surface area contributed by atoms with E-state index in [9.17, 15) is 4.79 Å². The predicted molar refractivity (Wildman–Crippen MR) is 155 cm³/mol. The van der Waals surface area contributed by atoms with Crippen molar-refractivity contribution in [3.63, 3.8) is 0 Å². The minimum Gasteiger partial charge on any atom is -0.454 e. The van der Waals surface area contributed by atoms with Crippen LogP contribution in [-0.4, -0.2) is 33.9 Å². The molecule has 0 saturated heterocycles. The summed E-state index contributed by atoms with van der Waals surface area (Å²) in [4.78, 5) is 26.9. The molecule has 8 rings (SSSR count). The van der Waals surface area contributed by atoms with Crippen molar-refractivity contribution in [2.45, 2.75) is 26.2 Å². The number of benzene rings is 3. The molecule has 0 fully saturated rings. The first-order valence-corrected chi connectivity index (χ1v) is 14.2. The summed E-state index contributed by atoms with van der Waals surface area (Å²) in [7, 11) is 0. The Hall–Kier alpha value is -4.83. The van der Waals surface area contributed by atoms with E-state index >= 15 is 0 Å². The van der Waals surface area contributed by atoms with Crippen LogP contribution in [0.3, 0.4) is 0 Å². The van der Waals surface area contributed by atoms with Crippen LogP contribution in [-0.2, 0) is 26.2 Å². The third kappa shape index (κ3) is 4.27. The van der Waals surface area contributed by atoms with Gasteiger partial charge in [0.15, 0.2) is 23.0 Å². The number of hydrogen-bond donors (Lipinski definition) is 0. The Balaban J connectivity index is 1.18. The number of rotatable bonds is 5. The summed E-state index contributed by atoms with van der Waals surface area (Å²) in [6.07, 6.45) is 0. The van der Waals surface area contributed by atoms with Gasteiger partial charge >= 0.3 is 0 Å². The smallest absolute Gasteiger partial charge is 0.263 e. The van der Waals surface area contributed by atoms with E-state index in [1.807, 2.05) is 72.1 Å². The molecule has 0 bridgehead atoms. The normalized spacial score (nSPS) is 16.0. The van der Waals surface area contributed by atoms with Crippen LogP contribution < -0.4 is 24.5 Å². The molecule has 10 heteroatoms. The van der Waals surface area contributed by atoms with Gasteiger partial charge in [-0.3, -0.25) is 14.4 Å². The average Bonchev–Trinajstić information content (AvgIpc) is 3.76. The maximum atomic E-state index is 14.0. The molecule has 0 N–H and O–H groups in total. The second kappa shape index (κ2) is 9.67. The lowest BCUT2D eigenvalue weighted by atomic mass is 10.1. The summed E-state index contributed by atoms with van der Waals surface area (Å²) in [5.74, 6) is 4.49. The molecule has 3 aromatic carbocycles. The Morgan fingerprint density at radius 2 is 1.54 bits per heavy atom. The highest BCUT2D eigenvalue weighted by Crippen LogP contribution is 2.35. The van der Waals surface area contributed by atoms with E-state index in [1.165, 1.54) is 11.3 Å². The Labute approximate surface area is 238 Å². The predicted octanol–water partition coefficient (Wildman–Crippen LogP) is 5.20. The fraction of sp³-hybridized carbons (Fsp3) is 0.194. The van der Waals surface area contributed by atoms with Crippen molar-refractivity contribution < 1.29 is 18.9 Å². The highest BCUT2D eigenvalue weighted by molar-refractivity contribution is 7.17. The van der Waals surface area contributed by atoms with Crippen molar-refractivity contribution in [3.05, 3.63) is 99.4 Å². The zero-order valence-corrected chi connectivity index (χ0v) is 22.7. The van der Waals surface area contributed by atoms with Gasteiger partial charge in [-0.15, -0.1) is 11.3 Å². The number of ether oxygens (including phenoxy) is 4. The highest BCUT2D eigenvalue weighted by atomic mass is 32.1. The lowest BCUT2D eigenvalue weighted by Crippen LogP contribution is -2.44. The molecular formula is C31H24N4O5S. The van der Waals surface area contributed by atoms with E-state index in [4.69, 9.17) is 28.9 Å². The first kappa shape index (κ1) is 24.0.